The van der Waals surface area contributed by atoms with E-state index in [0.717, 1.165) is 56.9 Å². The lowest BCUT2D eigenvalue weighted by Crippen LogP contribution is -2.52. The number of hydrogen-bond acceptors (Lipinski definition) is 5. The van der Waals surface area contributed by atoms with Crippen LogP contribution in [0.3, 0.4) is 0 Å². The lowest BCUT2D eigenvalue weighted by molar-refractivity contribution is -0.0278. The fourth-order valence-corrected chi connectivity index (χ4v) is 4.16. The number of likely N-dealkylation sites (tertiary alicyclic amines) is 1. The standard InChI is InChI=1S/C21H27N3O2/c25-14-13-24-11-8-21(9-12-24)15-19(18-6-1-2-7-20(18)26-21)23-16-17-5-3-4-10-22-17/h1-7,10,19,23,25H,8-9,11-16H2/t19-/m1/s1. The second-order valence-electron chi connectivity index (χ2n) is 7.35. The molecule has 2 aliphatic rings. The quantitative estimate of drug-likeness (QED) is 0.865. The van der Waals surface area contributed by atoms with Crippen LogP contribution < -0.4 is 10.1 Å². The molecule has 2 N–H and O–H groups in total. The third-order valence-electron chi connectivity index (χ3n) is 5.64. The highest BCUT2D eigenvalue weighted by Gasteiger charge is 2.42. The second-order valence-corrected chi connectivity index (χ2v) is 7.35. The van der Waals surface area contributed by atoms with E-state index in [2.05, 4.69) is 45.5 Å². The van der Waals surface area contributed by atoms with Crippen molar-refractivity contribution in [3.63, 3.8) is 0 Å². The molecule has 0 saturated carbocycles. The molecule has 1 fully saturated rings. The van der Waals surface area contributed by atoms with Crippen molar-refractivity contribution in [2.75, 3.05) is 26.2 Å². The molecule has 2 aromatic rings. The zero-order chi connectivity index (χ0) is 17.8. The van der Waals surface area contributed by atoms with Gasteiger partial charge in [-0.1, -0.05) is 24.3 Å². The third kappa shape index (κ3) is 3.75. The molecule has 1 spiro atoms. The molecule has 3 heterocycles. The van der Waals surface area contributed by atoms with Gasteiger partial charge in [-0.15, -0.1) is 0 Å². The van der Waals surface area contributed by atoms with Crippen molar-refractivity contribution in [2.45, 2.75) is 37.5 Å². The molecule has 26 heavy (non-hydrogen) atoms. The minimum Gasteiger partial charge on any atom is -0.487 e. The van der Waals surface area contributed by atoms with E-state index in [1.807, 2.05) is 18.3 Å². The van der Waals surface area contributed by atoms with Gasteiger partial charge in [0.1, 0.15) is 11.4 Å². The maximum atomic E-state index is 9.18. The summed E-state index contributed by atoms with van der Waals surface area (Å²) in [5.74, 6) is 1.01. The van der Waals surface area contributed by atoms with Gasteiger partial charge in [-0.2, -0.15) is 0 Å². The summed E-state index contributed by atoms with van der Waals surface area (Å²) in [6, 6.07) is 14.7. The Kier molecular flexibility index (Phi) is 5.20. The van der Waals surface area contributed by atoms with Crippen LogP contribution in [0.4, 0.5) is 0 Å². The number of piperidine rings is 1. The Morgan fingerprint density at radius 1 is 1.15 bits per heavy atom. The van der Waals surface area contributed by atoms with Crippen molar-refractivity contribution in [3.8, 4) is 5.75 Å². The molecule has 1 saturated heterocycles. The van der Waals surface area contributed by atoms with Gasteiger partial charge in [-0.05, 0) is 31.0 Å². The molecule has 0 bridgehead atoms. The first-order chi connectivity index (χ1) is 12.8. The van der Waals surface area contributed by atoms with E-state index in [1.165, 1.54) is 5.56 Å². The summed E-state index contributed by atoms with van der Waals surface area (Å²) < 4.78 is 6.52. The highest BCUT2D eigenvalue weighted by atomic mass is 16.5. The number of para-hydroxylation sites is 1. The van der Waals surface area contributed by atoms with Gasteiger partial charge in [0.05, 0.1) is 12.3 Å². The molecule has 0 aliphatic carbocycles. The van der Waals surface area contributed by atoms with Crippen LogP contribution in [0.25, 0.3) is 0 Å². The molecule has 4 rings (SSSR count). The molecule has 1 aromatic heterocycles. The van der Waals surface area contributed by atoms with Crippen molar-refractivity contribution < 1.29 is 9.84 Å². The first kappa shape index (κ1) is 17.5. The molecule has 138 valence electrons. The van der Waals surface area contributed by atoms with Gasteiger partial charge >= 0.3 is 0 Å². The van der Waals surface area contributed by atoms with Crippen LogP contribution in [0.15, 0.2) is 48.7 Å². The van der Waals surface area contributed by atoms with E-state index < -0.39 is 0 Å². The number of pyridine rings is 1. The number of aliphatic hydroxyl groups is 1. The van der Waals surface area contributed by atoms with Gasteiger partial charge in [-0.3, -0.25) is 4.98 Å². The van der Waals surface area contributed by atoms with E-state index in [4.69, 9.17) is 4.74 Å². The van der Waals surface area contributed by atoms with E-state index in [0.29, 0.717) is 0 Å². The monoisotopic (exact) mass is 353 g/mol. The number of β-amino-alcohol motifs (C(OH)–C–C–N with tert-alkyl or cyclic N) is 1. The van der Waals surface area contributed by atoms with E-state index in [9.17, 15) is 5.11 Å². The lowest BCUT2D eigenvalue weighted by atomic mass is 9.80. The summed E-state index contributed by atoms with van der Waals surface area (Å²) in [5.41, 5.74) is 2.19. The Labute approximate surface area is 155 Å². The zero-order valence-electron chi connectivity index (χ0n) is 15.1. The molecule has 2 aliphatic heterocycles. The van der Waals surface area contributed by atoms with E-state index >= 15 is 0 Å². The van der Waals surface area contributed by atoms with Gasteiger partial charge in [0, 0.05) is 50.4 Å². The van der Waals surface area contributed by atoms with Crippen LogP contribution in [0.2, 0.25) is 0 Å². The van der Waals surface area contributed by atoms with Crippen LogP contribution in [0, 0.1) is 0 Å². The smallest absolute Gasteiger partial charge is 0.124 e. The van der Waals surface area contributed by atoms with Gasteiger partial charge in [0.15, 0.2) is 0 Å². The summed E-state index contributed by atoms with van der Waals surface area (Å²) in [7, 11) is 0. The maximum absolute atomic E-state index is 9.18. The number of aliphatic hydroxyl groups excluding tert-OH is 1. The van der Waals surface area contributed by atoms with Crippen molar-refractivity contribution in [2.24, 2.45) is 0 Å². The second kappa shape index (κ2) is 7.74. The van der Waals surface area contributed by atoms with Crippen LogP contribution in [-0.2, 0) is 6.54 Å². The molecule has 0 radical (unpaired) electrons. The number of nitrogens with zero attached hydrogens (tertiary/aromatic N) is 2. The largest absolute Gasteiger partial charge is 0.487 e. The highest BCUT2D eigenvalue weighted by Crippen LogP contribution is 2.44. The topological polar surface area (TPSA) is 57.6 Å². The fourth-order valence-electron chi connectivity index (χ4n) is 4.16. The number of rotatable bonds is 5. The predicted octanol–water partition coefficient (Wildman–Crippen LogP) is 2.52. The SMILES string of the molecule is OCCN1CCC2(CC1)C[C@@H](NCc1ccccn1)c1ccccc1O2. The van der Waals surface area contributed by atoms with Gasteiger partial charge < -0.3 is 20.1 Å². The fraction of sp³-hybridized carbons (Fsp3) is 0.476. The number of ether oxygens (including phenoxy) is 1. The summed E-state index contributed by atoms with van der Waals surface area (Å²) in [5, 5.41) is 12.9. The summed E-state index contributed by atoms with van der Waals surface area (Å²) in [4.78, 5) is 6.75. The van der Waals surface area contributed by atoms with Gasteiger partial charge in [0.25, 0.3) is 0 Å². The third-order valence-corrected chi connectivity index (χ3v) is 5.64. The first-order valence-corrected chi connectivity index (χ1v) is 9.52. The van der Waals surface area contributed by atoms with Crippen LogP contribution in [0.5, 0.6) is 5.75 Å². The minimum absolute atomic E-state index is 0.109. The zero-order valence-corrected chi connectivity index (χ0v) is 15.1. The van der Waals surface area contributed by atoms with Crippen molar-refractivity contribution in [1.82, 2.24) is 15.2 Å². The summed E-state index contributed by atoms with van der Waals surface area (Å²) in [6.07, 6.45) is 4.82. The molecular weight excluding hydrogens is 326 g/mol. The Morgan fingerprint density at radius 2 is 1.96 bits per heavy atom. The number of aromatic nitrogens is 1. The van der Waals surface area contributed by atoms with Gasteiger partial charge in [-0.25, -0.2) is 0 Å². The molecule has 1 atom stereocenters. The molecule has 0 amide bonds. The average molecular weight is 353 g/mol. The number of benzene rings is 1. The minimum atomic E-state index is -0.109. The van der Waals surface area contributed by atoms with Crippen LogP contribution >= 0.6 is 0 Å². The lowest BCUT2D eigenvalue weighted by Gasteiger charge is -2.47. The summed E-state index contributed by atoms with van der Waals surface area (Å²) in [6.45, 7) is 3.71. The molecule has 5 nitrogen and oxygen atoms in total. The highest BCUT2D eigenvalue weighted by molar-refractivity contribution is 5.39. The van der Waals surface area contributed by atoms with Crippen molar-refractivity contribution >= 4 is 0 Å². The number of fused-ring (bicyclic) bond motifs is 1. The molecule has 1 aromatic carbocycles. The maximum Gasteiger partial charge on any atom is 0.124 e. The Morgan fingerprint density at radius 3 is 2.73 bits per heavy atom. The first-order valence-electron chi connectivity index (χ1n) is 9.52. The van der Waals surface area contributed by atoms with E-state index in [1.54, 1.807) is 0 Å². The summed E-state index contributed by atoms with van der Waals surface area (Å²) >= 11 is 0. The Hall–Kier alpha value is -1.95. The predicted molar refractivity (Wildman–Crippen MR) is 101 cm³/mol. The van der Waals surface area contributed by atoms with Crippen LogP contribution in [0.1, 0.15) is 36.6 Å². The number of hydrogen-bond donors (Lipinski definition) is 2. The van der Waals surface area contributed by atoms with Crippen molar-refractivity contribution in [3.05, 3.63) is 59.9 Å². The molecule has 0 unspecified atom stereocenters. The van der Waals surface area contributed by atoms with Crippen molar-refractivity contribution in [1.29, 1.82) is 0 Å². The van der Waals surface area contributed by atoms with Gasteiger partial charge in [0.2, 0.25) is 0 Å². The normalized spacial score (nSPS) is 22.0. The van der Waals surface area contributed by atoms with E-state index in [-0.39, 0.29) is 18.2 Å². The van der Waals surface area contributed by atoms with Crippen LogP contribution in [-0.4, -0.2) is 46.8 Å². The molecular formula is C21H27N3O2. The number of nitrogens with one attached hydrogen (secondary N) is 1. The Bertz CT molecular complexity index is 714. The average Bonchev–Trinajstić information content (AvgIpc) is 2.69. The Balaban J connectivity index is 1.50. The molecule has 5 heteroatoms.